The second-order valence-corrected chi connectivity index (χ2v) is 4.28. The summed E-state index contributed by atoms with van der Waals surface area (Å²) in [6.45, 7) is 2.52. The number of hydrogen-bond donors (Lipinski definition) is 1. The summed E-state index contributed by atoms with van der Waals surface area (Å²) in [5.41, 5.74) is 1.05. The van der Waals surface area contributed by atoms with Gasteiger partial charge in [0.15, 0.2) is 0 Å². The minimum absolute atomic E-state index is 0.195. The van der Waals surface area contributed by atoms with Gasteiger partial charge in [0.2, 0.25) is 5.91 Å². The van der Waals surface area contributed by atoms with Gasteiger partial charge in [0.25, 0.3) is 0 Å². The molecule has 1 N–H and O–H groups in total. The lowest BCUT2D eigenvalue weighted by atomic mass is 10.1. The van der Waals surface area contributed by atoms with E-state index in [-0.39, 0.29) is 18.0 Å². The first-order valence-corrected chi connectivity index (χ1v) is 6.45. The second-order valence-electron chi connectivity index (χ2n) is 4.28. The molecule has 0 radical (unpaired) electrons. The lowest BCUT2D eigenvalue weighted by Gasteiger charge is -2.07. The van der Waals surface area contributed by atoms with Crippen LogP contribution in [0.5, 0.6) is 5.75 Å². The fraction of sp³-hybridized carbons (Fsp3) is 0.188. The number of benzene rings is 2. The van der Waals surface area contributed by atoms with E-state index in [0.717, 1.165) is 11.3 Å². The molecule has 0 saturated heterocycles. The minimum Gasteiger partial charge on any atom is -0.494 e. The summed E-state index contributed by atoms with van der Waals surface area (Å²) in [4.78, 5) is 11.8. The summed E-state index contributed by atoms with van der Waals surface area (Å²) in [7, 11) is 0. The van der Waals surface area contributed by atoms with Crippen molar-refractivity contribution in [3.63, 3.8) is 0 Å². The molecule has 0 unspecified atom stereocenters. The molecular formula is C16H16FNO2. The molecule has 0 fully saturated rings. The third-order valence-corrected chi connectivity index (χ3v) is 2.75. The Balaban J connectivity index is 1.96. The number of para-hydroxylation sites is 1. The molecule has 3 nitrogen and oxygen atoms in total. The second kappa shape index (κ2) is 6.70. The van der Waals surface area contributed by atoms with Gasteiger partial charge in [-0.1, -0.05) is 24.3 Å². The van der Waals surface area contributed by atoms with Crippen LogP contribution in [0.15, 0.2) is 48.5 Å². The molecular weight excluding hydrogens is 257 g/mol. The topological polar surface area (TPSA) is 38.3 Å². The van der Waals surface area contributed by atoms with Crippen LogP contribution >= 0.6 is 0 Å². The number of hydrogen-bond acceptors (Lipinski definition) is 2. The highest BCUT2D eigenvalue weighted by Gasteiger charge is 2.07. The molecule has 0 saturated carbocycles. The maximum atomic E-state index is 13.4. The first-order valence-electron chi connectivity index (χ1n) is 6.45. The van der Waals surface area contributed by atoms with Crippen LogP contribution < -0.4 is 10.1 Å². The average molecular weight is 273 g/mol. The Morgan fingerprint density at radius 3 is 2.50 bits per heavy atom. The zero-order valence-electron chi connectivity index (χ0n) is 11.2. The standard InChI is InChI=1S/C16H16FNO2/c1-2-20-13-9-7-12(8-10-13)11-16(19)18-15-6-4-3-5-14(15)17/h3-10H,2,11H2,1H3,(H,18,19). The molecule has 104 valence electrons. The highest BCUT2D eigenvalue weighted by atomic mass is 19.1. The molecule has 2 aromatic carbocycles. The van der Waals surface area contributed by atoms with Gasteiger partial charge in [0.05, 0.1) is 18.7 Å². The Morgan fingerprint density at radius 2 is 1.85 bits per heavy atom. The van der Waals surface area contributed by atoms with Crippen molar-refractivity contribution in [2.45, 2.75) is 13.3 Å². The van der Waals surface area contributed by atoms with E-state index >= 15 is 0 Å². The lowest BCUT2D eigenvalue weighted by Crippen LogP contribution is -2.15. The van der Waals surface area contributed by atoms with Crippen molar-refractivity contribution in [1.82, 2.24) is 0 Å². The van der Waals surface area contributed by atoms with Crippen LogP contribution in [0.4, 0.5) is 10.1 Å². The first-order chi connectivity index (χ1) is 9.69. The van der Waals surface area contributed by atoms with Crippen LogP contribution in [-0.2, 0) is 11.2 Å². The number of anilines is 1. The Kier molecular flexibility index (Phi) is 4.71. The molecule has 0 bridgehead atoms. The maximum Gasteiger partial charge on any atom is 0.228 e. The third kappa shape index (κ3) is 3.82. The van der Waals surface area contributed by atoms with Gasteiger partial charge in [-0.2, -0.15) is 0 Å². The van der Waals surface area contributed by atoms with Crippen molar-refractivity contribution in [3.05, 3.63) is 59.9 Å². The molecule has 4 heteroatoms. The van der Waals surface area contributed by atoms with Crippen molar-refractivity contribution in [1.29, 1.82) is 0 Å². The fourth-order valence-electron chi connectivity index (χ4n) is 1.81. The summed E-state index contributed by atoms with van der Waals surface area (Å²) in [5.74, 6) is 0.0811. The molecule has 2 aromatic rings. The fourth-order valence-corrected chi connectivity index (χ4v) is 1.81. The molecule has 0 spiro atoms. The highest BCUT2D eigenvalue weighted by molar-refractivity contribution is 5.92. The quantitative estimate of drug-likeness (QED) is 0.906. The van der Waals surface area contributed by atoms with Crippen molar-refractivity contribution < 1.29 is 13.9 Å². The van der Waals surface area contributed by atoms with Crippen LogP contribution in [0, 0.1) is 5.82 Å². The number of rotatable bonds is 5. The van der Waals surface area contributed by atoms with Gasteiger partial charge >= 0.3 is 0 Å². The van der Waals surface area contributed by atoms with E-state index in [0.29, 0.717) is 6.61 Å². The number of amides is 1. The largest absolute Gasteiger partial charge is 0.494 e. The number of carbonyl (C=O) groups excluding carboxylic acids is 1. The molecule has 0 aliphatic heterocycles. The highest BCUT2D eigenvalue weighted by Crippen LogP contribution is 2.15. The van der Waals surface area contributed by atoms with Gasteiger partial charge in [-0.3, -0.25) is 4.79 Å². The molecule has 2 rings (SSSR count). The number of halogens is 1. The SMILES string of the molecule is CCOc1ccc(CC(=O)Nc2ccccc2F)cc1. The number of ether oxygens (including phenoxy) is 1. The normalized spacial score (nSPS) is 10.1. The predicted molar refractivity (Wildman–Crippen MR) is 76.3 cm³/mol. The van der Waals surface area contributed by atoms with Gasteiger partial charge < -0.3 is 10.1 Å². The summed E-state index contributed by atoms with van der Waals surface area (Å²) < 4.78 is 18.7. The summed E-state index contributed by atoms with van der Waals surface area (Å²) >= 11 is 0. The van der Waals surface area contributed by atoms with Gasteiger partial charge in [0.1, 0.15) is 11.6 Å². The van der Waals surface area contributed by atoms with Crippen LogP contribution in [0.3, 0.4) is 0 Å². The van der Waals surface area contributed by atoms with Gasteiger partial charge in [-0.05, 0) is 36.8 Å². The Morgan fingerprint density at radius 1 is 1.15 bits per heavy atom. The van der Waals surface area contributed by atoms with E-state index in [4.69, 9.17) is 4.74 Å². The molecule has 20 heavy (non-hydrogen) atoms. The van der Waals surface area contributed by atoms with Gasteiger partial charge in [-0.25, -0.2) is 4.39 Å². The predicted octanol–water partition coefficient (Wildman–Crippen LogP) is 3.41. The van der Waals surface area contributed by atoms with Crippen LogP contribution in [0.25, 0.3) is 0 Å². The molecule has 1 amide bonds. The molecule has 0 aliphatic carbocycles. The third-order valence-electron chi connectivity index (χ3n) is 2.75. The zero-order chi connectivity index (χ0) is 14.4. The van der Waals surface area contributed by atoms with Crippen molar-refractivity contribution in [3.8, 4) is 5.75 Å². The Bertz CT molecular complexity index is 581. The molecule has 0 heterocycles. The summed E-state index contributed by atoms with van der Waals surface area (Å²) in [6, 6.07) is 13.4. The smallest absolute Gasteiger partial charge is 0.228 e. The van der Waals surface area contributed by atoms with Gasteiger partial charge in [0, 0.05) is 0 Å². The molecule has 0 aromatic heterocycles. The number of nitrogens with one attached hydrogen (secondary N) is 1. The summed E-state index contributed by atoms with van der Waals surface area (Å²) in [5, 5.41) is 2.55. The van der Waals surface area contributed by atoms with E-state index < -0.39 is 5.82 Å². The minimum atomic E-state index is -0.437. The summed E-state index contributed by atoms with van der Waals surface area (Å²) in [6.07, 6.45) is 0.195. The van der Waals surface area contributed by atoms with E-state index in [1.165, 1.54) is 12.1 Å². The lowest BCUT2D eigenvalue weighted by molar-refractivity contribution is -0.115. The average Bonchev–Trinajstić information content (AvgIpc) is 2.44. The first kappa shape index (κ1) is 14.1. The van der Waals surface area contributed by atoms with Crippen molar-refractivity contribution in [2.75, 3.05) is 11.9 Å². The van der Waals surface area contributed by atoms with Gasteiger partial charge in [-0.15, -0.1) is 0 Å². The van der Waals surface area contributed by atoms with Crippen molar-refractivity contribution >= 4 is 11.6 Å². The van der Waals surface area contributed by atoms with Crippen molar-refractivity contribution in [2.24, 2.45) is 0 Å². The van der Waals surface area contributed by atoms with Crippen LogP contribution in [0.1, 0.15) is 12.5 Å². The van der Waals surface area contributed by atoms with E-state index in [1.54, 1.807) is 12.1 Å². The molecule has 0 aliphatic rings. The maximum absolute atomic E-state index is 13.4. The van der Waals surface area contributed by atoms with E-state index in [2.05, 4.69) is 5.32 Å². The van der Waals surface area contributed by atoms with Crippen LogP contribution in [-0.4, -0.2) is 12.5 Å². The van der Waals surface area contributed by atoms with E-state index in [1.807, 2.05) is 31.2 Å². The monoisotopic (exact) mass is 273 g/mol. The zero-order valence-corrected chi connectivity index (χ0v) is 11.2. The van der Waals surface area contributed by atoms with Crippen LogP contribution in [0.2, 0.25) is 0 Å². The Hall–Kier alpha value is -2.36. The Labute approximate surface area is 117 Å². The molecule has 0 atom stereocenters. The van der Waals surface area contributed by atoms with E-state index in [9.17, 15) is 9.18 Å². The number of carbonyl (C=O) groups is 1.